The van der Waals surface area contributed by atoms with Gasteiger partial charge >= 0.3 is 5.97 Å². The number of hydrogen-bond acceptors (Lipinski definition) is 7. The summed E-state index contributed by atoms with van der Waals surface area (Å²) in [6.07, 6.45) is -0.163. The Labute approximate surface area is 187 Å². The third-order valence-corrected chi connectivity index (χ3v) is 7.43. The molecule has 0 spiro atoms. The molecular weight excluding hydrogens is 434 g/mol. The van der Waals surface area contributed by atoms with Crippen molar-refractivity contribution in [3.05, 3.63) is 52.6 Å². The number of benzene rings is 2. The molecule has 0 fully saturated rings. The van der Waals surface area contributed by atoms with Crippen LogP contribution in [0.15, 0.2) is 35.2 Å². The Morgan fingerprint density at radius 1 is 1.25 bits per heavy atom. The number of aryl methyl sites for hydroxylation is 1. The molecule has 5 rings (SSSR count). The SMILES string of the molecule is C.COC(=O)CC1C(=O)N2Cc3ccccc3S(=O)(=O)OCC3Cc4cc(C)c2c1c4O3. The highest BCUT2D eigenvalue weighted by atomic mass is 32.2. The molecule has 3 aliphatic rings. The van der Waals surface area contributed by atoms with Crippen molar-refractivity contribution in [1.29, 1.82) is 0 Å². The zero-order chi connectivity index (χ0) is 21.9. The summed E-state index contributed by atoms with van der Waals surface area (Å²) in [4.78, 5) is 27.2. The molecule has 170 valence electrons. The number of methoxy groups -OCH3 is 1. The Kier molecular flexibility index (Phi) is 5.50. The first-order chi connectivity index (χ1) is 14.8. The molecule has 0 saturated carbocycles. The van der Waals surface area contributed by atoms with Crippen LogP contribution in [0.3, 0.4) is 0 Å². The van der Waals surface area contributed by atoms with Gasteiger partial charge < -0.3 is 14.4 Å². The molecule has 0 aromatic heterocycles. The van der Waals surface area contributed by atoms with Gasteiger partial charge in [-0.2, -0.15) is 8.42 Å². The number of fused-ring (bicyclic) bond motifs is 2. The predicted octanol–water partition coefficient (Wildman–Crippen LogP) is 2.85. The van der Waals surface area contributed by atoms with Gasteiger partial charge in [-0.25, -0.2) is 0 Å². The molecule has 0 aliphatic carbocycles. The van der Waals surface area contributed by atoms with Gasteiger partial charge in [-0.3, -0.25) is 13.8 Å². The van der Waals surface area contributed by atoms with Crippen LogP contribution in [0.25, 0.3) is 0 Å². The topological polar surface area (TPSA) is 99.2 Å². The number of carbonyl (C=O) groups excluding carboxylic acids is 2. The smallest absolute Gasteiger partial charge is 0.306 e. The highest BCUT2D eigenvalue weighted by molar-refractivity contribution is 7.86. The van der Waals surface area contributed by atoms with E-state index >= 15 is 0 Å². The first-order valence-corrected chi connectivity index (χ1v) is 11.4. The van der Waals surface area contributed by atoms with E-state index in [2.05, 4.69) is 0 Å². The van der Waals surface area contributed by atoms with Crippen LogP contribution in [-0.2, 0) is 41.6 Å². The van der Waals surface area contributed by atoms with Crippen molar-refractivity contribution in [1.82, 2.24) is 0 Å². The minimum absolute atomic E-state index is 0. The molecule has 3 aliphatic heterocycles. The largest absolute Gasteiger partial charge is 0.487 e. The van der Waals surface area contributed by atoms with Gasteiger partial charge in [0.15, 0.2) is 0 Å². The van der Waals surface area contributed by atoms with Crippen LogP contribution in [0, 0.1) is 6.92 Å². The van der Waals surface area contributed by atoms with Crippen LogP contribution in [0.1, 0.15) is 42.0 Å². The number of ether oxygens (including phenoxy) is 2. The Hall–Kier alpha value is -2.91. The van der Waals surface area contributed by atoms with Gasteiger partial charge in [0, 0.05) is 12.0 Å². The van der Waals surface area contributed by atoms with E-state index in [0.29, 0.717) is 29.0 Å². The maximum Gasteiger partial charge on any atom is 0.306 e. The lowest BCUT2D eigenvalue weighted by Gasteiger charge is -2.22. The molecule has 0 radical (unpaired) electrons. The lowest BCUT2D eigenvalue weighted by Crippen LogP contribution is -2.30. The second-order valence-electron chi connectivity index (χ2n) is 7.99. The molecule has 9 heteroatoms. The van der Waals surface area contributed by atoms with Gasteiger partial charge in [-0.05, 0) is 29.7 Å². The lowest BCUT2D eigenvalue weighted by atomic mass is 9.92. The summed E-state index contributed by atoms with van der Waals surface area (Å²) in [5.41, 5.74) is 3.55. The number of carbonyl (C=O) groups is 2. The zero-order valence-electron chi connectivity index (χ0n) is 17.1. The van der Waals surface area contributed by atoms with Gasteiger partial charge in [0.1, 0.15) is 18.5 Å². The van der Waals surface area contributed by atoms with E-state index < -0.39 is 28.1 Å². The first-order valence-electron chi connectivity index (χ1n) is 9.98. The zero-order valence-corrected chi connectivity index (χ0v) is 17.9. The molecule has 2 aromatic rings. The molecule has 2 aromatic carbocycles. The van der Waals surface area contributed by atoms with E-state index in [1.54, 1.807) is 23.1 Å². The normalized spacial score (nSPS) is 22.3. The van der Waals surface area contributed by atoms with Crippen LogP contribution in [-0.4, -0.2) is 40.1 Å². The van der Waals surface area contributed by atoms with Crippen molar-refractivity contribution in [2.45, 2.75) is 50.7 Å². The van der Waals surface area contributed by atoms with E-state index in [4.69, 9.17) is 13.7 Å². The third kappa shape index (κ3) is 3.36. The van der Waals surface area contributed by atoms with Crippen LogP contribution in [0.4, 0.5) is 5.69 Å². The number of nitrogens with zero attached hydrogens (tertiary/aromatic N) is 1. The average Bonchev–Trinajstić information content (AvgIpc) is 3.26. The fourth-order valence-electron chi connectivity index (χ4n) is 4.70. The van der Waals surface area contributed by atoms with Crippen LogP contribution in [0.5, 0.6) is 5.75 Å². The monoisotopic (exact) mass is 459 g/mol. The fourth-order valence-corrected chi connectivity index (χ4v) is 5.86. The molecule has 0 N–H and O–H groups in total. The quantitative estimate of drug-likeness (QED) is 0.503. The Morgan fingerprint density at radius 3 is 2.75 bits per heavy atom. The molecule has 5 bridgehead atoms. The van der Waals surface area contributed by atoms with Crippen molar-refractivity contribution in [2.24, 2.45) is 0 Å². The van der Waals surface area contributed by atoms with Crippen molar-refractivity contribution in [3.8, 4) is 5.75 Å². The lowest BCUT2D eigenvalue weighted by molar-refractivity contribution is -0.142. The summed E-state index contributed by atoms with van der Waals surface area (Å²) < 4.78 is 42.0. The Bertz CT molecular complexity index is 1220. The molecule has 0 saturated heterocycles. The molecule has 2 atom stereocenters. The number of hydrogen-bond donors (Lipinski definition) is 0. The van der Waals surface area contributed by atoms with E-state index in [1.165, 1.54) is 13.2 Å². The minimum atomic E-state index is -4.04. The summed E-state index contributed by atoms with van der Waals surface area (Å²) in [6, 6.07) is 8.44. The standard InChI is InChI=1S/C22H21NO7S.CH4/c1-12-7-14-8-15-11-29-31(26,27)17-6-4-3-5-13(17)10-23-20(12)19(21(14)30-15)16(22(23)25)9-18(24)28-2;/h3-7,15-16H,8-11H2,1-2H3;1H4. The summed E-state index contributed by atoms with van der Waals surface area (Å²) in [7, 11) is -2.75. The van der Waals surface area contributed by atoms with Crippen molar-refractivity contribution >= 4 is 27.7 Å². The average molecular weight is 460 g/mol. The summed E-state index contributed by atoms with van der Waals surface area (Å²) in [5, 5.41) is 0. The summed E-state index contributed by atoms with van der Waals surface area (Å²) in [5.74, 6) is -0.978. The van der Waals surface area contributed by atoms with Crippen LogP contribution >= 0.6 is 0 Å². The fraction of sp³-hybridized carbons (Fsp3) is 0.391. The van der Waals surface area contributed by atoms with Gasteiger partial charge in [-0.15, -0.1) is 0 Å². The number of rotatable bonds is 2. The third-order valence-electron chi connectivity index (χ3n) is 6.05. The first kappa shape index (κ1) is 22.3. The van der Waals surface area contributed by atoms with E-state index in [-0.39, 0.29) is 37.8 Å². The molecule has 32 heavy (non-hydrogen) atoms. The maximum absolute atomic E-state index is 13.5. The van der Waals surface area contributed by atoms with Gasteiger partial charge in [0.2, 0.25) is 5.91 Å². The van der Waals surface area contributed by atoms with Gasteiger partial charge in [-0.1, -0.05) is 31.7 Å². The van der Waals surface area contributed by atoms with Crippen molar-refractivity contribution in [2.75, 3.05) is 18.6 Å². The van der Waals surface area contributed by atoms with Crippen LogP contribution in [0.2, 0.25) is 0 Å². The van der Waals surface area contributed by atoms with E-state index in [1.807, 2.05) is 13.0 Å². The Morgan fingerprint density at radius 2 is 2.00 bits per heavy atom. The molecule has 1 amide bonds. The second kappa shape index (κ2) is 7.90. The van der Waals surface area contributed by atoms with Gasteiger partial charge in [0.05, 0.1) is 36.6 Å². The van der Waals surface area contributed by atoms with Gasteiger partial charge in [0.25, 0.3) is 10.1 Å². The minimum Gasteiger partial charge on any atom is -0.487 e. The highest BCUT2D eigenvalue weighted by Gasteiger charge is 2.45. The number of amides is 1. The highest BCUT2D eigenvalue weighted by Crippen LogP contribution is 2.51. The molecular formula is C23H25NO7S. The molecule has 8 nitrogen and oxygen atoms in total. The second-order valence-corrected chi connectivity index (χ2v) is 9.58. The molecule has 2 unspecified atom stereocenters. The maximum atomic E-state index is 13.5. The Balaban J connectivity index is 0.00000245. The summed E-state index contributed by atoms with van der Waals surface area (Å²) >= 11 is 0. The molecule has 3 heterocycles. The van der Waals surface area contributed by atoms with Crippen LogP contribution < -0.4 is 9.64 Å². The number of esters is 1. The van der Waals surface area contributed by atoms with E-state index in [0.717, 1.165) is 11.1 Å². The number of anilines is 1. The van der Waals surface area contributed by atoms with Crippen molar-refractivity contribution < 1.29 is 31.7 Å². The summed E-state index contributed by atoms with van der Waals surface area (Å²) in [6.45, 7) is 1.80. The predicted molar refractivity (Wildman–Crippen MR) is 116 cm³/mol. The van der Waals surface area contributed by atoms with E-state index in [9.17, 15) is 18.0 Å². The van der Waals surface area contributed by atoms with Crippen molar-refractivity contribution in [3.63, 3.8) is 0 Å².